The van der Waals surface area contributed by atoms with Gasteiger partial charge in [0.25, 0.3) is 0 Å². The number of hydrogen-bond acceptors (Lipinski definition) is 6. The van der Waals surface area contributed by atoms with E-state index >= 15 is 0 Å². The monoisotopic (exact) mass is 491 g/mol. The Balaban J connectivity index is 1.45. The highest BCUT2D eigenvalue weighted by molar-refractivity contribution is 7.92. The third kappa shape index (κ3) is 4.20. The van der Waals surface area contributed by atoms with Gasteiger partial charge in [0.15, 0.2) is 9.84 Å². The molecule has 4 aromatic rings. The number of aromatic amines is 1. The van der Waals surface area contributed by atoms with Gasteiger partial charge in [0.05, 0.1) is 22.3 Å². The number of rotatable bonds is 6. The fraction of sp³-hybridized carbons (Fsp3) is 0.370. The van der Waals surface area contributed by atoms with Crippen LogP contribution in [0.4, 0.5) is 0 Å². The van der Waals surface area contributed by atoms with Crippen LogP contribution in [0.2, 0.25) is 0 Å². The molecule has 0 bridgehead atoms. The zero-order valence-corrected chi connectivity index (χ0v) is 20.8. The van der Waals surface area contributed by atoms with Crippen LogP contribution in [0.25, 0.3) is 33.1 Å². The molecule has 0 spiro atoms. The minimum absolute atomic E-state index is 0.0116. The molecule has 182 valence electrons. The van der Waals surface area contributed by atoms with E-state index < -0.39 is 9.84 Å². The number of fused-ring (bicyclic) bond motifs is 3. The fourth-order valence-corrected chi connectivity index (χ4v) is 6.59. The van der Waals surface area contributed by atoms with Gasteiger partial charge >= 0.3 is 0 Å². The van der Waals surface area contributed by atoms with Crippen molar-refractivity contribution in [2.24, 2.45) is 0 Å². The van der Waals surface area contributed by atoms with Gasteiger partial charge in [-0.1, -0.05) is 12.1 Å². The largest absolute Gasteiger partial charge is 0.489 e. The van der Waals surface area contributed by atoms with Gasteiger partial charge in [0.1, 0.15) is 24.1 Å². The van der Waals surface area contributed by atoms with Crippen LogP contribution in [0.5, 0.6) is 5.75 Å². The molecule has 6 rings (SSSR count). The van der Waals surface area contributed by atoms with E-state index in [1.807, 2.05) is 37.4 Å². The Morgan fingerprint density at radius 1 is 1.20 bits per heavy atom. The summed E-state index contributed by atoms with van der Waals surface area (Å²) < 4.78 is 38.0. The molecule has 1 saturated carbocycles. The van der Waals surface area contributed by atoms with Crippen LogP contribution in [0.15, 0.2) is 53.6 Å². The number of benzene rings is 2. The van der Waals surface area contributed by atoms with Crippen molar-refractivity contribution in [2.45, 2.75) is 36.0 Å². The smallest absolute Gasteiger partial charge is 0.181 e. The van der Waals surface area contributed by atoms with Crippen molar-refractivity contribution < 1.29 is 17.9 Å². The summed E-state index contributed by atoms with van der Waals surface area (Å²) in [4.78, 5) is 10.7. The Labute approximate surface area is 205 Å². The summed E-state index contributed by atoms with van der Waals surface area (Å²) in [5.41, 5.74) is 4.50. The standard InChI is InChI=1S/C27H29N3O4S/c1-17-12-23-25-22(18-4-3-5-21(13-18)35(31,32)20-6-7-20)8-9-24(26(25)29-27(23)28-14-17)34-16-19-15-30(2)10-11-33-19/h3-5,8-9,12-14,19-20H,6-7,10-11,15-16H2,1-2H3,(H,28,29). The molecule has 2 fully saturated rings. The molecular formula is C27H29N3O4S. The second-order valence-corrected chi connectivity index (χ2v) is 12.0. The molecule has 1 N–H and O–H groups in total. The zero-order valence-electron chi connectivity index (χ0n) is 20.0. The molecule has 1 saturated heterocycles. The molecule has 0 radical (unpaired) electrons. The van der Waals surface area contributed by atoms with Crippen LogP contribution in [-0.2, 0) is 14.6 Å². The lowest BCUT2D eigenvalue weighted by Gasteiger charge is -2.29. The van der Waals surface area contributed by atoms with Crippen molar-refractivity contribution in [3.8, 4) is 16.9 Å². The van der Waals surface area contributed by atoms with Gasteiger partial charge in [-0.2, -0.15) is 0 Å². The van der Waals surface area contributed by atoms with Gasteiger partial charge in [-0.3, -0.25) is 0 Å². The van der Waals surface area contributed by atoms with Crippen LogP contribution in [-0.4, -0.2) is 68.0 Å². The van der Waals surface area contributed by atoms with Crippen LogP contribution in [0, 0.1) is 6.92 Å². The first-order chi connectivity index (χ1) is 16.9. The molecule has 1 aliphatic carbocycles. The van der Waals surface area contributed by atoms with Crippen LogP contribution >= 0.6 is 0 Å². The van der Waals surface area contributed by atoms with Crippen molar-refractivity contribution in [1.82, 2.24) is 14.9 Å². The lowest BCUT2D eigenvalue weighted by Crippen LogP contribution is -2.42. The maximum atomic E-state index is 12.9. The number of sulfone groups is 1. The number of nitrogens with zero attached hydrogens (tertiary/aromatic N) is 2. The van der Waals surface area contributed by atoms with Gasteiger partial charge in [-0.25, -0.2) is 13.4 Å². The van der Waals surface area contributed by atoms with E-state index in [0.29, 0.717) is 18.1 Å². The average molecular weight is 492 g/mol. The maximum Gasteiger partial charge on any atom is 0.181 e. The van der Waals surface area contributed by atoms with Crippen molar-refractivity contribution in [2.75, 3.05) is 33.4 Å². The molecule has 8 heteroatoms. The number of aromatic nitrogens is 2. The minimum Gasteiger partial charge on any atom is -0.489 e. The third-order valence-corrected chi connectivity index (χ3v) is 9.17. The number of ether oxygens (including phenoxy) is 2. The molecule has 3 heterocycles. The van der Waals surface area contributed by atoms with Crippen molar-refractivity contribution in [1.29, 1.82) is 0 Å². The Morgan fingerprint density at radius 2 is 2.06 bits per heavy atom. The van der Waals surface area contributed by atoms with Gasteiger partial charge < -0.3 is 19.4 Å². The second-order valence-electron chi connectivity index (χ2n) is 9.73. The number of likely N-dealkylation sites (N-methyl/N-ethyl adjacent to an activating group) is 1. The summed E-state index contributed by atoms with van der Waals surface area (Å²) in [6.45, 7) is 4.93. The van der Waals surface area contributed by atoms with Gasteiger partial charge in [0.2, 0.25) is 0 Å². The van der Waals surface area contributed by atoms with Crippen molar-refractivity contribution in [3.63, 3.8) is 0 Å². The lowest BCUT2D eigenvalue weighted by atomic mass is 9.99. The SMILES string of the molecule is Cc1cnc2[nH]c3c(OCC4CN(C)CCO4)ccc(-c4cccc(S(=O)(=O)C5CC5)c4)c3c2c1. The van der Waals surface area contributed by atoms with E-state index in [-0.39, 0.29) is 11.4 Å². The first kappa shape index (κ1) is 22.5. The van der Waals surface area contributed by atoms with Crippen LogP contribution < -0.4 is 4.74 Å². The Morgan fingerprint density at radius 3 is 2.86 bits per heavy atom. The predicted octanol–water partition coefficient (Wildman–Crippen LogP) is 4.34. The fourth-order valence-electron chi connectivity index (χ4n) is 4.89. The number of H-pyrrole nitrogens is 1. The highest BCUT2D eigenvalue weighted by Gasteiger charge is 2.37. The number of nitrogens with one attached hydrogen (secondary N) is 1. The quantitative estimate of drug-likeness (QED) is 0.432. The lowest BCUT2D eigenvalue weighted by molar-refractivity contribution is -0.0401. The molecule has 2 aliphatic rings. The van der Waals surface area contributed by atoms with Gasteiger partial charge in [0, 0.05) is 30.1 Å². The molecule has 35 heavy (non-hydrogen) atoms. The molecule has 2 aromatic carbocycles. The Bertz CT molecular complexity index is 1520. The molecule has 2 aromatic heterocycles. The minimum atomic E-state index is -3.28. The average Bonchev–Trinajstić information content (AvgIpc) is 3.65. The van der Waals surface area contributed by atoms with E-state index in [2.05, 4.69) is 28.0 Å². The summed E-state index contributed by atoms with van der Waals surface area (Å²) in [6, 6.07) is 13.4. The van der Waals surface area contributed by atoms with Crippen molar-refractivity contribution >= 4 is 31.8 Å². The summed E-state index contributed by atoms with van der Waals surface area (Å²) in [7, 11) is -1.19. The van der Waals surface area contributed by atoms with Crippen LogP contribution in [0.3, 0.4) is 0 Å². The number of pyridine rings is 1. The first-order valence-electron chi connectivity index (χ1n) is 12.1. The van der Waals surface area contributed by atoms with Crippen LogP contribution in [0.1, 0.15) is 18.4 Å². The highest BCUT2D eigenvalue weighted by atomic mass is 32.2. The van der Waals surface area contributed by atoms with E-state index in [0.717, 1.165) is 70.3 Å². The summed E-state index contributed by atoms with van der Waals surface area (Å²) in [5, 5.41) is 1.73. The Kier molecular flexibility index (Phi) is 5.55. The van der Waals surface area contributed by atoms with Crippen molar-refractivity contribution in [3.05, 3.63) is 54.2 Å². The maximum absolute atomic E-state index is 12.9. The summed E-state index contributed by atoms with van der Waals surface area (Å²) in [6.07, 6.45) is 3.34. The normalized spacial score (nSPS) is 19.4. The highest BCUT2D eigenvalue weighted by Crippen LogP contribution is 2.40. The van der Waals surface area contributed by atoms with Gasteiger partial charge in [-0.05, 0) is 73.8 Å². The molecular weight excluding hydrogens is 462 g/mol. The summed E-state index contributed by atoms with van der Waals surface area (Å²) >= 11 is 0. The number of hydrogen-bond donors (Lipinski definition) is 1. The van der Waals surface area contributed by atoms with E-state index in [1.54, 1.807) is 12.1 Å². The molecule has 7 nitrogen and oxygen atoms in total. The Hall–Kier alpha value is -2.94. The second kappa shape index (κ2) is 8.62. The third-order valence-electron chi connectivity index (χ3n) is 6.91. The molecule has 1 unspecified atom stereocenters. The van der Waals surface area contributed by atoms with E-state index in [1.165, 1.54) is 0 Å². The van der Waals surface area contributed by atoms with Gasteiger partial charge in [-0.15, -0.1) is 0 Å². The van der Waals surface area contributed by atoms with E-state index in [4.69, 9.17) is 9.47 Å². The molecule has 1 aliphatic heterocycles. The number of aryl methyl sites for hydroxylation is 1. The molecule has 1 atom stereocenters. The first-order valence-corrected chi connectivity index (χ1v) is 13.6. The molecule has 0 amide bonds. The van der Waals surface area contributed by atoms with E-state index in [9.17, 15) is 8.42 Å². The summed E-state index contributed by atoms with van der Waals surface area (Å²) in [5.74, 6) is 0.734. The zero-order chi connectivity index (χ0) is 24.2. The predicted molar refractivity (Wildman–Crippen MR) is 137 cm³/mol. The number of morpholine rings is 1. The topological polar surface area (TPSA) is 84.5 Å².